The van der Waals surface area contributed by atoms with E-state index in [4.69, 9.17) is 17.7 Å². The van der Waals surface area contributed by atoms with Gasteiger partial charge in [-0.05, 0) is 146 Å². The molecular weight excluding hydrogens is 1570 g/mol. The molecule has 0 saturated heterocycles. The van der Waals surface area contributed by atoms with Crippen LogP contribution in [-0.4, -0.2) is 0 Å². The van der Waals surface area contributed by atoms with Crippen molar-refractivity contribution in [1.29, 1.82) is 0 Å². The molecule has 0 N–H and O–H groups in total. The molecular formula is C120H108O4S2. The minimum atomic E-state index is 0.945. The zero-order chi connectivity index (χ0) is 87.9. The first-order chi connectivity index (χ1) is 62.5. The van der Waals surface area contributed by atoms with Crippen LogP contribution in [-0.2, 0) is 0 Å². The molecule has 0 radical (unpaired) electrons. The molecule has 0 aliphatic rings. The molecule has 24 rings (SSSR count). The number of rotatable bonds is 6. The molecule has 624 valence electrons. The molecule has 0 saturated carbocycles. The minimum Gasteiger partial charge on any atom is -0.456 e. The average molecular weight is 1680 g/mol. The quantitative estimate of drug-likeness (QED) is 0.166. The predicted octanol–water partition coefficient (Wildman–Crippen LogP) is 38.6. The second-order valence-electron chi connectivity index (χ2n) is 28.0. The minimum absolute atomic E-state index is 0.945. The number of fused-ring (bicyclic) bond motifs is 18. The Hall–Kier alpha value is -14.4. The molecule has 0 aliphatic heterocycles. The van der Waals surface area contributed by atoms with Gasteiger partial charge in [-0.1, -0.05) is 435 Å². The molecule has 0 unspecified atom stereocenters. The van der Waals surface area contributed by atoms with E-state index in [9.17, 15) is 0 Å². The lowest BCUT2D eigenvalue weighted by molar-refractivity contribution is 0.668. The van der Waals surface area contributed by atoms with Crippen molar-refractivity contribution in [3.63, 3.8) is 0 Å². The van der Waals surface area contributed by atoms with Gasteiger partial charge in [0.15, 0.2) is 0 Å². The van der Waals surface area contributed by atoms with Crippen molar-refractivity contribution in [2.75, 3.05) is 0 Å². The van der Waals surface area contributed by atoms with Crippen LogP contribution in [0, 0.1) is 0 Å². The Kier molecular flexibility index (Phi) is 32.0. The highest BCUT2D eigenvalue weighted by molar-refractivity contribution is 7.26. The van der Waals surface area contributed by atoms with Gasteiger partial charge in [0, 0.05) is 89.0 Å². The fourth-order valence-corrected chi connectivity index (χ4v) is 17.7. The van der Waals surface area contributed by atoms with Crippen molar-refractivity contribution >= 4 is 151 Å². The van der Waals surface area contributed by atoms with Crippen molar-refractivity contribution in [3.05, 3.63) is 437 Å². The van der Waals surface area contributed by atoms with Crippen LogP contribution >= 0.6 is 22.7 Å². The summed E-state index contributed by atoms with van der Waals surface area (Å²) >= 11 is 3.74. The zero-order valence-electron chi connectivity index (χ0n) is 74.0. The molecule has 0 amide bonds. The molecule has 0 atom stereocenters. The van der Waals surface area contributed by atoms with Gasteiger partial charge in [-0.15, -0.1) is 22.7 Å². The Morgan fingerprint density at radius 2 is 0.437 bits per heavy atom. The van der Waals surface area contributed by atoms with E-state index in [0.29, 0.717) is 0 Å². The largest absolute Gasteiger partial charge is 0.456 e. The predicted molar refractivity (Wildman–Crippen MR) is 554 cm³/mol. The summed E-state index contributed by atoms with van der Waals surface area (Å²) in [5.41, 5.74) is 22.4. The highest BCUT2D eigenvalue weighted by Gasteiger charge is 2.16. The molecule has 24 aromatic rings. The zero-order valence-corrected chi connectivity index (χ0v) is 75.7. The number of hydrogen-bond acceptors (Lipinski definition) is 6. The van der Waals surface area contributed by atoms with E-state index in [1.807, 2.05) is 209 Å². The second-order valence-corrected chi connectivity index (χ2v) is 30.1. The summed E-state index contributed by atoms with van der Waals surface area (Å²) in [6.45, 7) is 24.0. The SMILES string of the molecule is CC.CC.CC.CC.CC.CC.c1ccc(-c2ccc3c(c2)oc2ccccc23)cc1.c1ccc(-c2ccc3oc4ccccc4c3c2)cc1.c1ccc(-c2ccc3sc4ccccc4c3c2)cc1.c1ccc(-c2cccc3c2oc2ccccc23)cc1.c1ccc(-c2cccc3oc4ccccc4c23)cc1.c1ccc(-c2cccc3sc4ccccc4c23)cc1. The van der Waals surface area contributed by atoms with Gasteiger partial charge in [0.2, 0.25) is 0 Å². The number of benzene rings is 18. The maximum Gasteiger partial charge on any atom is 0.143 e. The lowest BCUT2D eigenvalue weighted by atomic mass is 10.00. The van der Waals surface area contributed by atoms with Crippen molar-refractivity contribution in [2.45, 2.75) is 83.1 Å². The van der Waals surface area contributed by atoms with Crippen LogP contribution in [0.1, 0.15) is 83.1 Å². The molecule has 0 bridgehead atoms. The highest BCUT2D eigenvalue weighted by atomic mass is 32.1. The lowest BCUT2D eigenvalue weighted by Crippen LogP contribution is -1.78. The molecule has 4 nitrogen and oxygen atoms in total. The van der Waals surface area contributed by atoms with Gasteiger partial charge in [0.05, 0.1) is 0 Å². The Morgan fingerprint density at radius 3 is 0.968 bits per heavy atom. The summed E-state index contributed by atoms with van der Waals surface area (Å²) in [6, 6.07) is 151. The Balaban J connectivity index is 0.000000126. The first-order valence-electron chi connectivity index (χ1n) is 44.3. The van der Waals surface area contributed by atoms with Crippen molar-refractivity contribution in [3.8, 4) is 66.8 Å². The second kappa shape index (κ2) is 45.1. The maximum absolute atomic E-state index is 6.04. The van der Waals surface area contributed by atoms with Crippen molar-refractivity contribution < 1.29 is 17.7 Å². The molecule has 126 heavy (non-hydrogen) atoms. The molecule has 18 aromatic carbocycles. The molecule has 0 aliphatic carbocycles. The summed E-state index contributed by atoms with van der Waals surface area (Å²) in [5, 5.41) is 14.9. The summed E-state index contributed by atoms with van der Waals surface area (Å²) in [5.74, 6) is 0. The van der Waals surface area contributed by atoms with Crippen LogP contribution < -0.4 is 0 Å². The Labute approximate surface area is 749 Å². The van der Waals surface area contributed by atoms with Gasteiger partial charge in [-0.3, -0.25) is 0 Å². The van der Waals surface area contributed by atoms with E-state index >= 15 is 0 Å². The van der Waals surface area contributed by atoms with Crippen molar-refractivity contribution in [2.24, 2.45) is 0 Å². The first kappa shape index (κ1) is 89.4. The van der Waals surface area contributed by atoms with Gasteiger partial charge in [0.25, 0.3) is 0 Å². The van der Waals surface area contributed by atoms with Crippen LogP contribution in [0.5, 0.6) is 0 Å². The Bertz CT molecular complexity index is 7130. The van der Waals surface area contributed by atoms with Gasteiger partial charge in [0.1, 0.15) is 44.7 Å². The van der Waals surface area contributed by atoms with Crippen LogP contribution in [0.25, 0.3) is 195 Å². The van der Waals surface area contributed by atoms with Gasteiger partial charge < -0.3 is 17.7 Å². The third kappa shape index (κ3) is 20.3. The third-order valence-corrected chi connectivity index (χ3v) is 23.2. The van der Waals surface area contributed by atoms with Gasteiger partial charge in [-0.2, -0.15) is 0 Å². The van der Waals surface area contributed by atoms with Gasteiger partial charge >= 0.3 is 0 Å². The number of para-hydroxylation sites is 5. The monoisotopic (exact) mass is 1680 g/mol. The molecule has 6 heteroatoms. The summed E-state index contributed by atoms with van der Waals surface area (Å²) in [4.78, 5) is 0. The van der Waals surface area contributed by atoms with E-state index in [-0.39, 0.29) is 0 Å². The normalized spacial score (nSPS) is 10.4. The smallest absolute Gasteiger partial charge is 0.143 e. The standard InChI is InChI=1S/4C18H12O.2C18H12S.6C2H6/c1-2-7-13(8-3-1)14-10-6-11-16-15-9-4-5-12-17(15)19-18(14)16;1-2-7-13(8-3-1)14-10-6-12-17-18(14)15-9-4-5-11-16(15)19-17;1-2-6-13(7-3-1)14-10-11-18-16(12-14)15-8-4-5-9-17(15)19-18;1-2-6-13(7-3-1)14-10-11-16-15-8-4-5-9-17(15)19-18(16)12-14;1-2-7-13(8-3-1)14-10-6-12-17-18(14)15-9-4-5-11-16(15)19-17;1-2-6-13(7-3-1)14-10-11-18-16(12-14)15-8-4-5-9-17(15)19-18;6*1-2/h6*1-12H;6*1-2H3. The van der Waals surface area contributed by atoms with Crippen LogP contribution in [0.2, 0.25) is 0 Å². The van der Waals surface area contributed by atoms with E-state index in [0.717, 1.165) is 50.2 Å². The maximum atomic E-state index is 6.04. The van der Waals surface area contributed by atoms with E-state index in [1.165, 1.54) is 145 Å². The summed E-state index contributed by atoms with van der Waals surface area (Å²) in [6.07, 6.45) is 0. The van der Waals surface area contributed by atoms with Crippen LogP contribution in [0.4, 0.5) is 0 Å². The summed E-state index contributed by atoms with van der Waals surface area (Å²) < 4.78 is 29.2. The fraction of sp³-hybridized carbons (Fsp3) is 0.100. The van der Waals surface area contributed by atoms with Crippen molar-refractivity contribution in [1.82, 2.24) is 0 Å². The molecule has 6 aromatic heterocycles. The molecule has 6 heterocycles. The third-order valence-electron chi connectivity index (χ3n) is 20.9. The Morgan fingerprint density at radius 1 is 0.143 bits per heavy atom. The lowest BCUT2D eigenvalue weighted by Gasteiger charge is -2.04. The molecule has 0 fully saturated rings. The van der Waals surface area contributed by atoms with E-state index < -0.39 is 0 Å². The first-order valence-corrected chi connectivity index (χ1v) is 46.0. The van der Waals surface area contributed by atoms with E-state index in [2.05, 4.69) is 334 Å². The average Bonchev–Trinajstić information content (AvgIpc) is 1.63. The summed E-state index contributed by atoms with van der Waals surface area (Å²) in [7, 11) is 0. The number of hydrogen-bond donors (Lipinski definition) is 0. The topological polar surface area (TPSA) is 52.6 Å². The van der Waals surface area contributed by atoms with Crippen LogP contribution in [0.3, 0.4) is 0 Å². The number of thiophene rings is 2. The molecule has 0 spiro atoms. The van der Waals surface area contributed by atoms with Gasteiger partial charge in [-0.25, -0.2) is 0 Å². The van der Waals surface area contributed by atoms with E-state index in [1.54, 1.807) is 0 Å². The fourth-order valence-electron chi connectivity index (χ4n) is 15.5. The van der Waals surface area contributed by atoms with Crippen LogP contribution in [0.15, 0.2) is 454 Å². The number of furan rings is 4. The highest BCUT2D eigenvalue weighted by Crippen LogP contribution is 2.43.